The topological polar surface area (TPSA) is 58.6 Å². The molecule has 2 N–H and O–H groups in total. The second kappa shape index (κ2) is 7.49. The molecule has 116 valence electrons. The van der Waals surface area contributed by atoms with Crippen molar-refractivity contribution in [3.05, 3.63) is 63.6 Å². The van der Waals surface area contributed by atoms with Crippen LogP contribution in [-0.2, 0) is 0 Å². The molecule has 1 atom stereocenters. The lowest BCUT2D eigenvalue weighted by molar-refractivity contribution is 0.0916. The van der Waals surface area contributed by atoms with Crippen LogP contribution in [0.2, 0.25) is 10.0 Å². The van der Waals surface area contributed by atoms with E-state index in [1.807, 2.05) is 0 Å². The van der Waals surface area contributed by atoms with Gasteiger partial charge >= 0.3 is 0 Å². The molecule has 0 aliphatic rings. The van der Waals surface area contributed by atoms with Gasteiger partial charge in [-0.25, -0.2) is 0 Å². The summed E-state index contributed by atoms with van der Waals surface area (Å²) in [6, 6.07) is 11.6. The minimum absolute atomic E-state index is 0.0887. The maximum Gasteiger partial charge on any atom is 0.251 e. The van der Waals surface area contributed by atoms with Crippen LogP contribution in [0.15, 0.2) is 42.5 Å². The van der Waals surface area contributed by atoms with E-state index in [1.165, 1.54) is 6.07 Å². The Hall–Kier alpha value is -1.75. The molecule has 22 heavy (non-hydrogen) atoms. The van der Waals surface area contributed by atoms with Crippen LogP contribution < -0.4 is 10.1 Å². The van der Waals surface area contributed by atoms with Crippen molar-refractivity contribution in [1.29, 1.82) is 0 Å². The molecular weight excluding hydrogens is 325 g/mol. The van der Waals surface area contributed by atoms with Gasteiger partial charge in [0.2, 0.25) is 0 Å². The molecule has 0 saturated carbocycles. The smallest absolute Gasteiger partial charge is 0.251 e. The molecule has 0 aliphatic carbocycles. The number of carbonyl (C=O) groups is 1. The average Bonchev–Trinajstić information content (AvgIpc) is 2.54. The molecule has 0 heterocycles. The van der Waals surface area contributed by atoms with Crippen molar-refractivity contribution in [3.8, 4) is 5.75 Å². The van der Waals surface area contributed by atoms with Crippen molar-refractivity contribution in [2.75, 3.05) is 13.7 Å². The predicted molar refractivity (Wildman–Crippen MR) is 86.7 cm³/mol. The van der Waals surface area contributed by atoms with Crippen molar-refractivity contribution in [2.24, 2.45) is 0 Å². The normalized spacial score (nSPS) is 11.8. The van der Waals surface area contributed by atoms with Gasteiger partial charge in [0, 0.05) is 12.1 Å². The number of hydrogen-bond acceptors (Lipinski definition) is 3. The van der Waals surface area contributed by atoms with Crippen LogP contribution in [0.25, 0.3) is 0 Å². The highest BCUT2D eigenvalue weighted by Crippen LogP contribution is 2.22. The van der Waals surface area contributed by atoms with Gasteiger partial charge in [0.25, 0.3) is 5.91 Å². The van der Waals surface area contributed by atoms with Crippen LogP contribution >= 0.6 is 23.2 Å². The highest BCUT2D eigenvalue weighted by Gasteiger charge is 2.12. The van der Waals surface area contributed by atoms with E-state index >= 15 is 0 Å². The number of methoxy groups -OCH3 is 1. The highest BCUT2D eigenvalue weighted by atomic mass is 35.5. The van der Waals surface area contributed by atoms with Crippen molar-refractivity contribution in [1.82, 2.24) is 5.32 Å². The summed E-state index contributed by atoms with van der Waals surface area (Å²) in [5.41, 5.74) is 1.08. The molecule has 0 aliphatic heterocycles. The minimum Gasteiger partial charge on any atom is -0.497 e. The zero-order valence-electron chi connectivity index (χ0n) is 11.8. The quantitative estimate of drug-likeness (QED) is 0.876. The predicted octanol–water partition coefficient (Wildman–Crippen LogP) is 3.47. The fourth-order valence-corrected chi connectivity index (χ4v) is 2.17. The lowest BCUT2D eigenvalue weighted by Gasteiger charge is -2.13. The number of halogens is 2. The standard InChI is InChI=1S/C16H15Cl2NO3/c1-22-12-5-2-10(3-6-12)15(20)9-19-16(21)11-4-7-13(17)14(18)8-11/h2-8,15,20H,9H2,1H3,(H,19,21). The summed E-state index contributed by atoms with van der Waals surface area (Å²) >= 11 is 11.7. The Morgan fingerprint density at radius 3 is 2.45 bits per heavy atom. The van der Waals surface area contributed by atoms with Gasteiger partial charge in [-0.3, -0.25) is 4.79 Å². The van der Waals surface area contributed by atoms with E-state index in [-0.39, 0.29) is 12.5 Å². The van der Waals surface area contributed by atoms with Crippen LogP contribution in [0.3, 0.4) is 0 Å². The van der Waals surface area contributed by atoms with E-state index < -0.39 is 6.10 Å². The Bertz CT molecular complexity index is 659. The molecule has 0 bridgehead atoms. The molecule has 0 spiro atoms. The number of aliphatic hydroxyl groups excluding tert-OH is 1. The van der Waals surface area contributed by atoms with E-state index in [2.05, 4.69) is 5.32 Å². The molecule has 4 nitrogen and oxygen atoms in total. The number of nitrogens with one attached hydrogen (secondary N) is 1. The van der Waals surface area contributed by atoms with Gasteiger partial charge < -0.3 is 15.2 Å². The molecule has 2 aromatic rings. The van der Waals surface area contributed by atoms with Gasteiger partial charge in [0.1, 0.15) is 5.75 Å². The summed E-state index contributed by atoms with van der Waals surface area (Å²) in [6.07, 6.45) is -0.808. The molecule has 0 saturated heterocycles. The third kappa shape index (κ3) is 4.13. The maximum atomic E-state index is 12.0. The third-order valence-electron chi connectivity index (χ3n) is 3.14. The summed E-state index contributed by atoms with van der Waals surface area (Å²) in [5, 5.41) is 13.4. The molecular formula is C16H15Cl2NO3. The summed E-state index contributed by atoms with van der Waals surface area (Å²) in [7, 11) is 1.57. The van der Waals surface area contributed by atoms with E-state index in [1.54, 1.807) is 43.5 Å². The maximum absolute atomic E-state index is 12.0. The highest BCUT2D eigenvalue weighted by molar-refractivity contribution is 6.42. The van der Waals surface area contributed by atoms with E-state index in [0.717, 1.165) is 0 Å². The fraction of sp³-hybridized carbons (Fsp3) is 0.188. The second-order valence-corrected chi connectivity index (χ2v) is 5.44. The number of rotatable bonds is 5. The lowest BCUT2D eigenvalue weighted by atomic mass is 10.1. The summed E-state index contributed by atoms with van der Waals surface area (Å²) < 4.78 is 5.05. The molecule has 0 radical (unpaired) electrons. The Morgan fingerprint density at radius 1 is 1.18 bits per heavy atom. The first kappa shape index (κ1) is 16.6. The molecule has 6 heteroatoms. The van der Waals surface area contributed by atoms with Gasteiger partial charge in [-0.2, -0.15) is 0 Å². The Morgan fingerprint density at radius 2 is 1.86 bits per heavy atom. The first-order chi connectivity index (χ1) is 10.5. The van der Waals surface area contributed by atoms with Crippen LogP contribution in [0, 0.1) is 0 Å². The fourth-order valence-electron chi connectivity index (χ4n) is 1.87. The molecule has 0 aromatic heterocycles. The van der Waals surface area contributed by atoms with E-state index in [9.17, 15) is 9.90 Å². The Balaban J connectivity index is 1.95. The molecule has 1 unspecified atom stereocenters. The van der Waals surface area contributed by atoms with Crippen LogP contribution in [0.5, 0.6) is 5.75 Å². The van der Waals surface area contributed by atoms with Crippen LogP contribution in [-0.4, -0.2) is 24.7 Å². The van der Waals surface area contributed by atoms with Crippen molar-refractivity contribution >= 4 is 29.1 Å². The monoisotopic (exact) mass is 339 g/mol. The van der Waals surface area contributed by atoms with E-state index in [4.69, 9.17) is 27.9 Å². The number of amides is 1. The van der Waals surface area contributed by atoms with Crippen LogP contribution in [0.4, 0.5) is 0 Å². The van der Waals surface area contributed by atoms with Crippen molar-refractivity contribution < 1.29 is 14.6 Å². The number of carbonyl (C=O) groups excluding carboxylic acids is 1. The summed E-state index contributed by atoms with van der Waals surface area (Å²) in [4.78, 5) is 12.0. The summed E-state index contributed by atoms with van der Waals surface area (Å²) in [5.74, 6) is 0.377. The first-order valence-electron chi connectivity index (χ1n) is 6.56. The van der Waals surface area contributed by atoms with E-state index in [0.29, 0.717) is 26.9 Å². The Kier molecular flexibility index (Phi) is 5.66. The second-order valence-electron chi connectivity index (χ2n) is 4.63. The van der Waals surface area contributed by atoms with Gasteiger partial charge in [-0.15, -0.1) is 0 Å². The summed E-state index contributed by atoms with van der Waals surface area (Å²) in [6.45, 7) is 0.0887. The molecule has 0 fully saturated rings. The zero-order chi connectivity index (χ0) is 16.1. The minimum atomic E-state index is -0.808. The number of benzene rings is 2. The lowest BCUT2D eigenvalue weighted by Crippen LogP contribution is -2.28. The first-order valence-corrected chi connectivity index (χ1v) is 7.32. The third-order valence-corrected chi connectivity index (χ3v) is 3.88. The zero-order valence-corrected chi connectivity index (χ0v) is 13.4. The average molecular weight is 340 g/mol. The molecule has 1 amide bonds. The number of hydrogen-bond donors (Lipinski definition) is 2. The van der Waals surface area contributed by atoms with Crippen LogP contribution in [0.1, 0.15) is 22.0 Å². The van der Waals surface area contributed by atoms with Gasteiger partial charge in [-0.05, 0) is 35.9 Å². The van der Waals surface area contributed by atoms with Gasteiger partial charge in [0.15, 0.2) is 0 Å². The van der Waals surface area contributed by atoms with Gasteiger partial charge in [-0.1, -0.05) is 35.3 Å². The number of aliphatic hydroxyl groups is 1. The largest absolute Gasteiger partial charge is 0.497 e. The molecule has 2 aromatic carbocycles. The van der Waals surface area contributed by atoms with Crippen molar-refractivity contribution in [3.63, 3.8) is 0 Å². The molecule has 2 rings (SSSR count). The Labute approximate surface area is 138 Å². The number of ether oxygens (including phenoxy) is 1. The van der Waals surface area contributed by atoms with Gasteiger partial charge in [0.05, 0.1) is 23.3 Å². The van der Waals surface area contributed by atoms with Crippen molar-refractivity contribution in [2.45, 2.75) is 6.10 Å². The SMILES string of the molecule is COc1ccc(C(O)CNC(=O)c2ccc(Cl)c(Cl)c2)cc1.